The molecule has 1 unspecified atom stereocenters. The Morgan fingerprint density at radius 3 is 2.63 bits per heavy atom. The van der Waals surface area contributed by atoms with Crippen molar-refractivity contribution in [3.05, 3.63) is 23.2 Å². The van der Waals surface area contributed by atoms with E-state index in [9.17, 15) is 0 Å². The fourth-order valence-electron chi connectivity index (χ4n) is 1.76. The summed E-state index contributed by atoms with van der Waals surface area (Å²) in [6, 6.07) is 5.35. The molecule has 0 spiro atoms. The number of hydrogen-bond acceptors (Lipinski definition) is 4. The maximum absolute atomic E-state index is 6.02. The third-order valence-corrected chi connectivity index (χ3v) is 3.53. The Labute approximate surface area is 117 Å². The lowest BCUT2D eigenvalue weighted by Gasteiger charge is -2.15. The molecule has 0 radical (unpaired) electrons. The Bertz CT molecular complexity index is 544. The van der Waals surface area contributed by atoms with Gasteiger partial charge in [0.05, 0.1) is 0 Å². The average molecular weight is 280 g/mol. The number of nitrogens with two attached hydrogens (primary N) is 1. The van der Waals surface area contributed by atoms with Crippen molar-refractivity contribution in [3.63, 3.8) is 0 Å². The highest BCUT2D eigenvalue weighted by Gasteiger charge is 2.14. The Morgan fingerprint density at radius 1 is 1.26 bits per heavy atom. The number of tetrazole rings is 1. The minimum Gasteiger partial charge on any atom is -0.399 e. The van der Waals surface area contributed by atoms with Crippen LogP contribution in [0, 0.1) is 11.8 Å². The van der Waals surface area contributed by atoms with Gasteiger partial charge in [0.2, 0.25) is 0 Å². The summed E-state index contributed by atoms with van der Waals surface area (Å²) in [4.78, 5) is 0. The lowest BCUT2D eigenvalue weighted by Crippen LogP contribution is -2.15. The molecule has 0 fully saturated rings. The van der Waals surface area contributed by atoms with Crippen molar-refractivity contribution in [2.24, 2.45) is 11.8 Å². The minimum absolute atomic E-state index is 0.485. The van der Waals surface area contributed by atoms with Gasteiger partial charge in [0, 0.05) is 22.8 Å². The third kappa shape index (κ3) is 3.23. The zero-order chi connectivity index (χ0) is 14.0. The molecular formula is C13H18ClN5. The van der Waals surface area contributed by atoms with Gasteiger partial charge in [-0.1, -0.05) is 32.4 Å². The molecule has 2 rings (SSSR count). The van der Waals surface area contributed by atoms with Crippen LogP contribution >= 0.6 is 11.6 Å². The lowest BCUT2D eigenvalue weighted by atomic mass is 9.98. The van der Waals surface area contributed by atoms with Gasteiger partial charge in [0.1, 0.15) is 0 Å². The summed E-state index contributed by atoms with van der Waals surface area (Å²) in [6.07, 6.45) is 0. The zero-order valence-corrected chi connectivity index (χ0v) is 12.1. The number of rotatable bonds is 4. The van der Waals surface area contributed by atoms with E-state index in [0.29, 0.717) is 28.4 Å². The number of hydrogen-bond donors (Lipinski definition) is 1. The van der Waals surface area contributed by atoms with Gasteiger partial charge >= 0.3 is 0 Å². The molecule has 1 atom stereocenters. The first-order valence-electron chi connectivity index (χ1n) is 6.30. The molecule has 0 saturated carbocycles. The molecule has 1 aromatic carbocycles. The topological polar surface area (TPSA) is 69.6 Å². The van der Waals surface area contributed by atoms with Crippen molar-refractivity contribution in [3.8, 4) is 11.4 Å². The second-order valence-corrected chi connectivity index (χ2v) is 5.62. The van der Waals surface area contributed by atoms with Gasteiger partial charge in [-0.15, -0.1) is 5.10 Å². The molecule has 19 heavy (non-hydrogen) atoms. The van der Waals surface area contributed by atoms with Crippen LogP contribution in [0.2, 0.25) is 5.02 Å². The molecule has 5 nitrogen and oxygen atoms in total. The molecule has 6 heteroatoms. The first-order chi connectivity index (χ1) is 8.97. The molecule has 0 saturated heterocycles. The van der Waals surface area contributed by atoms with Gasteiger partial charge in [-0.25, -0.2) is 4.68 Å². The summed E-state index contributed by atoms with van der Waals surface area (Å²) in [6.45, 7) is 7.33. The smallest absolute Gasteiger partial charge is 0.182 e. The molecule has 0 amide bonds. The van der Waals surface area contributed by atoms with Crippen LogP contribution in [0.5, 0.6) is 0 Å². The highest BCUT2D eigenvalue weighted by Crippen LogP contribution is 2.25. The van der Waals surface area contributed by atoms with Crippen LogP contribution in [0.1, 0.15) is 20.8 Å². The van der Waals surface area contributed by atoms with Gasteiger partial charge in [-0.05, 0) is 40.5 Å². The van der Waals surface area contributed by atoms with Crippen LogP contribution in [0.4, 0.5) is 5.69 Å². The van der Waals surface area contributed by atoms with E-state index < -0.39 is 0 Å². The largest absolute Gasteiger partial charge is 0.399 e. The quantitative estimate of drug-likeness (QED) is 0.874. The van der Waals surface area contributed by atoms with E-state index in [1.165, 1.54) is 0 Å². The van der Waals surface area contributed by atoms with Crippen molar-refractivity contribution in [1.29, 1.82) is 0 Å². The first-order valence-corrected chi connectivity index (χ1v) is 6.67. The second-order valence-electron chi connectivity index (χ2n) is 5.18. The predicted molar refractivity (Wildman–Crippen MR) is 76.7 cm³/mol. The molecule has 2 N–H and O–H groups in total. The van der Waals surface area contributed by atoms with E-state index in [0.717, 1.165) is 12.1 Å². The molecule has 0 aliphatic heterocycles. The summed E-state index contributed by atoms with van der Waals surface area (Å²) >= 11 is 6.02. The predicted octanol–water partition coefficient (Wildman–Crippen LogP) is 2.87. The van der Waals surface area contributed by atoms with Gasteiger partial charge in [-0.3, -0.25) is 0 Å². The standard InChI is InChI=1S/C13H18ClN5/c1-8(2)9(3)7-19-13(16-17-18-19)10-4-11(14)6-12(15)5-10/h4-6,8-9H,7,15H2,1-3H3. The van der Waals surface area contributed by atoms with Crippen LogP contribution in [0.25, 0.3) is 11.4 Å². The minimum atomic E-state index is 0.485. The van der Waals surface area contributed by atoms with E-state index in [-0.39, 0.29) is 0 Å². The van der Waals surface area contributed by atoms with E-state index in [1.807, 2.05) is 12.1 Å². The van der Waals surface area contributed by atoms with Crippen molar-refractivity contribution in [1.82, 2.24) is 20.2 Å². The number of anilines is 1. The Balaban J connectivity index is 2.33. The van der Waals surface area contributed by atoms with Crippen LogP contribution in [-0.4, -0.2) is 20.2 Å². The van der Waals surface area contributed by atoms with Crippen molar-refractivity contribution >= 4 is 17.3 Å². The summed E-state index contributed by atoms with van der Waals surface area (Å²) in [5.41, 5.74) is 7.25. The molecule has 2 aromatic rings. The van der Waals surface area contributed by atoms with E-state index in [4.69, 9.17) is 17.3 Å². The maximum atomic E-state index is 6.02. The van der Waals surface area contributed by atoms with Crippen molar-refractivity contribution in [2.45, 2.75) is 27.3 Å². The Kier molecular flexibility index (Phi) is 4.04. The summed E-state index contributed by atoms with van der Waals surface area (Å²) in [7, 11) is 0. The Hall–Kier alpha value is -1.62. The number of aromatic nitrogens is 4. The molecule has 0 bridgehead atoms. The third-order valence-electron chi connectivity index (χ3n) is 3.31. The van der Waals surface area contributed by atoms with E-state index in [2.05, 4.69) is 36.3 Å². The van der Waals surface area contributed by atoms with Crippen LogP contribution in [0.3, 0.4) is 0 Å². The molecule has 1 aromatic heterocycles. The number of benzene rings is 1. The SMILES string of the molecule is CC(C)C(C)Cn1nnnc1-c1cc(N)cc(Cl)c1. The van der Waals surface area contributed by atoms with Gasteiger partial charge in [-0.2, -0.15) is 0 Å². The summed E-state index contributed by atoms with van der Waals surface area (Å²) in [5.74, 6) is 1.75. The van der Waals surface area contributed by atoms with Crippen LogP contribution in [-0.2, 0) is 6.54 Å². The van der Waals surface area contributed by atoms with Crippen LogP contribution in [0.15, 0.2) is 18.2 Å². The van der Waals surface area contributed by atoms with Crippen molar-refractivity contribution < 1.29 is 0 Å². The number of nitrogen functional groups attached to an aromatic ring is 1. The average Bonchev–Trinajstić information content (AvgIpc) is 2.75. The molecule has 0 aliphatic rings. The fraction of sp³-hybridized carbons (Fsp3) is 0.462. The number of halogens is 1. The lowest BCUT2D eigenvalue weighted by molar-refractivity contribution is 0.347. The monoisotopic (exact) mass is 279 g/mol. The van der Waals surface area contributed by atoms with Gasteiger partial charge < -0.3 is 5.73 Å². The van der Waals surface area contributed by atoms with Crippen molar-refractivity contribution in [2.75, 3.05) is 5.73 Å². The van der Waals surface area contributed by atoms with Gasteiger partial charge in [0.15, 0.2) is 5.82 Å². The zero-order valence-electron chi connectivity index (χ0n) is 11.3. The molecule has 1 heterocycles. The molecule has 102 valence electrons. The highest BCUT2D eigenvalue weighted by molar-refractivity contribution is 6.31. The maximum Gasteiger partial charge on any atom is 0.182 e. The highest BCUT2D eigenvalue weighted by atomic mass is 35.5. The van der Waals surface area contributed by atoms with E-state index >= 15 is 0 Å². The Morgan fingerprint density at radius 2 is 2.00 bits per heavy atom. The van der Waals surface area contributed by atoms with Gasteiger partial charge in [0.25, 0.3) is 0 Å². The second kappa shape index (κ2) is 5.57. The normalized spacial score (nSPS) is 12.9. The molecule has 0 aliphatic carbocycles. The summed E-state index contributed by atoms with van der Waals surface area (Å²) in [5, 5.41) is 12.4. The first kappa shape index (κ1) is 13.8. The van der Waals surface area contributed by atoms with Crippen LogP contribution < -0.4 is 5.73 Å². The fourth-order valence-corrected chi connectivity index (χ4v) is 2.00. The molecular weight excluding hydrogens is 262 g/mol. The van der Waals surface area contributed by atoms with E-state index in [1.54, 1.807) is 10.7 Å². The number of nitrogens with zero attached hydrogens (tertiary/aromatic N) is 4. The summed E-state index contributed by atoms with van der Waals surface area (Å²) < 4.78 is 1.80.